The highest BCUT2D eigenvalue weighted by Gasteiger charge is 2.30. The Labute approximate surface area is 117 Å². The summed E-state index contributed by atoms with van der Waals surface area (Å²) in [6, 6.07) is 2.23. The zero-order chi connectivity index (χ0) is 14.8. The molecular formula is C12H12F3N3OS. The smallest absolute Gasteiger partial charge is 0.372 e. The Balaban J connectivity index is 2.12. The van der Waals surface area contributed by atoms with Crippen LogP contribution in [0.1, 0.15) is 24.4 Å². The SMILES string of the molecule is CC(C)OCc1nc(-c2ccc(C(F)(F)F)cn2)ns1. The molecule has 0 amide bonds. The third-order valence-electron chi connectivity index (χ3n) is 2.33. The third-order valence-corrected chi connectivity index (χ3v) is 3.01. The van der Waals surface area contributed by atoms with Crippen LogP contribution in [0.5, 0.6) is 0 Å². The van der Waals surface area contributed by atoms with E-state index >= 15 is 0 Å². The van der Waals surface area contributed by atoms with Crippen molar-refractivity contribution < 1.29 is 17.9 Å². The number of alkyl halides is 3. The molecule has 8 heteroatoms. The maximum Gasteiger partial charge on any atom is 0.417 e. The van der Waals surface area contributed by atoms with E-state index in [-0.39, 0.29) is 6.10 Å². The summed E-state index contributed by atoms with van der Waals surface area (Å²) in [6.07, 6.45) is -3.54. The van der Waals surface area contributed by atoms with Gasteiger partial charge in [-0.3, -0.25) is 4.98 Å². The van der Waals surface area contributed by atoms with E-state index in [1.165, 1.54) is 6.07 Å². The van der Waals surface area contributed by atoms with Crippen LogP contribution in [0.4, 0.5) is 13.2 Å². The van der Waals surface area contributed by atoms with Crippen LogP contribution in [0, 0.1) is 0 Å². The Kier molecular flexibility index (Phi) is 4.34. The van der Waals surface area contributed by atoms with Gasteiger partial charge in [0.05, 0.1) is 11.7 Å². The van der Waals surface area contributed by atoms with Gasteiger partial charge in [-0.1, -0.05) is 0 Å². The van der Waals surface area contributed by atoms with E-state index in [1.807, 2.05) is 13.8 Å². The van der Waals surface area contributed by atoms with Gasteiger partial charge < -0.3 is 4.74 Å². The zero-order valence-corrected chi connectivity index (χ0v) is 11.6. The molecule has 0 N–H and O–H groups in total. The summed E-state index contributed by atoms with van der Waals surface area (Å²) in [5, 5.41) is 0.662. The number of halogens is 3. The second-order valence-corrected chi connectivity index (χ2v) is 5.14. The maximum atomic E-state index is 12.4. The van der Waals surface area contributed by atoms with Crippen molar-refractivity contribution in [1.29, 1.82) is 0 Å². The van der Waals surface area contributed by atoms with E-state index in [0.29, 0.717) is 23.1 Å². The summed E-state index contributed by atoms with van der Waals surface area (Å²) in [5.41, 5.74) is -0.482. The molecule has 0 fully saturated rings. The van der Waals surface area contributed by atoms with Crippen LogP contribution in [0.25, 0.3) is 11.5 Å². The fourth-order valence-electron chi connectivity index (χ4n) is 1.35. The summed E-state index contributed by atoms with van der Waals surface area (Å²) in [7, 11) is 0. The van der Waals surface area contributed by atoms with Crippen molar-refractivity contribution in [3.8, 4) is 11.5 Å². The van der Waals surface area contributed by atoms with Gasteiger partial charge in [0.1, 0.15) is 17.3 Å². The van der Waals surface area contributed by atoms with Gasteiger partial charge in [-0.25, -0.2) is 4.98 Å². The van der Waals surface area contributed by atoms with Crippen molar-refractivity contribution in [3.63, 3.8) is 0 Å². The molecule has 2 rings (SSSR count). The van der Waals surface area contributed by atoms with Crippen molar-refractivity contribution in [2.75, 3.05) is 0 Å². The highest BCUT2D eigenvalue weighted by atomic mass is 32.1. The molecule has 0 saturated carbocycles. The molecule has 2 heterocycles. The first-order valence-electron chi connectivity index (χ1n) is 5.84. The number of hydrogen-bond acceptors (Lipinski definition) is 5. The average Bonchev–Trinajstić information content (AvgIpc) is 2.84. The summed E-state index contributed by atoms with van der Waals surface area (Å²) in [6.45, 7) is 4.13. The minimum Gasteiger partial charge on any atom is -0.372 e. The number of hydrogen-bond donors (Lipinski definition) is 0. The van der Waals surface area contributed by atoms with Gasteiger partial charge in [0.2, 0.25) is 0 Å². The minimum absolute atomic E-state index is 0.0755. The Bertz CT molecular complexity index is 566. The Morgan fingerprint density at radius 3 is 2.60 bits per heavy atom. The van der Waals surface area contributed by atoms with Gasteiger partial charge >= 0.3 is 6.18 Å². The van der Waals surface area contributed by atoms with Crippen LogP contribution < -0.4 is 0 Å². The first kappa shape index (κ1) is 14.9. The first-order valence-corrected chi connectivity index (χ1v) is 6.61. The molecule has 0 unspecified atom stereocenters. The second-order valence-electron chi connectivity index (χ2n) is 4.30. The number of nitrogens with zero attached hydrogens (tertiary/aromatic N) is 3. The van der Waals surface area contributed by atoms with Crippen molar-refractivity contribution in [3.05, 3.63) is 28.9 Å². The standard InChI is InChI=1S/C12H12F3N3OS/c1-7(2)19-6-10-17-11(18-20-10)9-4-3-8(5-16-9)12(13,14)15/h3-5,7H,6H2,1-2H3. The molecule has 0 spiro atoms. The van der Waals surface area contributed by atoms with E-state index < -0.39 is 11.7 Å². The number of pyridine rings is 1. The van der Waals surface area contributed by atoms with Crippen molar-refractivity contribution in [1.82, 2.24) is 14.3 Å². The van der Waals surface area contributed by atoms with Crippen molar-refractivity contribution in [2.45, 2.75) is 32.7 Å². The van der Waals surface area contributed by atoms with Gasteiger partial charge in [-0.05, 0) is 37.5 Å². The molecule has 4 nitrogen and oxygen atoms in total. The van der Waals surface area contributed by atoms with Gasteiger partial charge in [0, 0.05) is 6.20 Å². The fourth-order valence-corrected chi connectivity index (χ4v) is 1.92. The molecule has 0 aliphatic rings. The summed E-state index contributed by atoms with van der Waals surface area (Å²) in [4.78, 5) is 7.93. The van der Waals surface area contributed by atoms with Crippen molar-refractivity contribution in [2.24, 2.45) is 0 Å². The molecule has 2 aromatic heterocycles. The number of aromatic nitrogens is 3. The van der Waals surface area contributed by atoms with Gasteiger partial charge in [-0.15, -0.1) is 0 Å². The lowest BCUT2D eigenvalue weighted by atomic mass is 10.2. The molecule has 0 saturated heterocycles. The summed E-state index contributed by atoms with van der Waals surface area (Å²) < 4.78 is 46.7. The Morgan fingerprint density at radius 2 is 2.05 bits per heavy atom. The Morgan fingerprint density at radius 1 is 1.30 bits per heavy atom. The normalized spacial score (nSPS) is 12.1. The topological polar surface area (TPSA) is 47.9 Å². The molecule has 108 valence electrons. The number of rotatable bonds is 4. The van der Waals surface area contributed by atoms with Crippen LogP contribution in [0.2, 0.25) is 0 Å². The van der Waals surface area contributed by atoms with Crippen LogP contribution in [0.3, 0.4) is 0 Å². The molecule has 0 bridgehead atoms. The zero-order valence-electron chi connectivity index (χ0n) is 10.8. The maximum absolute atomic E-state index is 12.4. The van der Waals surface area contributed by atoms with E-state index in [2.05, 4.69) is 14.3 Å². The minimum atomic E-state index is -4.39. The fraction of sp³-hybridized carbons (Fsp3) is 0.417. The summed E-state index contributed by atoms with van der Waals surface area (Å²) in [5.74, 6) is 0.311. The molecule has 0 aliphatic heterocycles. The molecule has 0 aromatic carbocycles. The third kappa shape index (κ3) is 3.73. The van der Waals surface area contributed by atoms with Gasteiger partial charge in [0.25, 0.3) is 0 Å². The highest BCUT2D eigenvalue weighted by molar-refractivity contribution is 7.05. The molecular weight excluding hydrogens is 291 g/mol. The lowest BCUT2D eigenvalue weighted by Crippen LogP contribution is -2.05. The van der Waals surface area contributed by atoms with E-state index in [1.54, 1.807) is 0 Å². The number of ether oxygens (including phenoxy) is 1. The molecule has 0 radical (unpaired) electrons. The quantitative estimate of drug-likeness (QED) is 0.866. The highest BCUT2D eigenvalue weighted by Crippen LogP contribution is 2.29. The predicted molar refractivity (Wildman–Crippen MR) is 68.1 cm³/mol. The molecule has 0 aliphatic carbocycles. The predicted octanol–water partition coefficient (Wildman–Crippen LogP) is 3.54. The largest absolute Gasteiger partial charge is 0.417 e. The lowest BCUT2D eigenvalue weighted by molar-refractivity contribution is -0.137. The van der Waals surface area contributed by atoms with Gasteiger partial charge in [-0.2, -0.15) is 17.5 Å². The van der Waals surface area contributed by atoms with E-state index in [9.17, 15) is 13.2 Å². The second kappa shape index (κ2) is 5.84. The monoisotopic (exact) mass is 303 g/mol. The lowest BCUT2D eigenvalue weighted by Gasteiger charge is -2.05. The van der Waals surface area contributed by atoms with Gasteiger partial charge in [0.15, 0.2) is 5.82 Å². The average molecular weight is 303 g/mol. The van der Waals surface area contributed by atoms with Crippen LogP contribution in [-0.2, 0) is 17.5 Å². The Hall–Kier alpha value is -1.54. The van der Waals surface area contributed by atoms with Crippen LogP contribution in [0.15, 0.2) is 18.3 Å². The molecule has 2 aromatic rings. The van der Waals surface area contributed by atoms with Crippen LogP contribution in [-0.4, -0.2) is 20.4 Å². The molecule has 20 heavy (non-hydrogen) atoms. The van der Waals surface area contributed by atoms with Crippen molar-refractivity contribution >= 4 is 11.5 Å². The van der Waals surface area contributed by atoms with Crippen LogP contribution >= 0.6 is 11.5 Å². The van der Waals surface area contributed by atoms with E-state index in [4.69, 9.17) is 4.74 Å². The molecule has 0 atom stereocenters. The van der Waals surface area contributed by atoms with E-state index in [0.717, 1.165) is 23.8 Å². The first-order chi connectivity index (χ1) is 9.36. The summed E-state index contributed by atoms with van der Waals surface area (Å²) >= 11 is 1.15.